The number of rotatable bonds is 2. The van der Waals surface area contributed by atoms with Crippen LogP contribution < -0.4 is 5.73 Å². The minimum Gasteiger partial charge on any atom is -0.398 e. The molecule has 2 aromatic rings. The van der Waals surface area contributed by atoms with Gasteiger partial charge in [0.25, 0.3) is 0 Å². The van der Waals surface area contributed by atoms with Gasteiger partial charge in [0.2, 0.25) is 0 Å². The Morgan fingerprint density at radius 1 is 1.05 bits per heavy atom. The first kappa shape index (κ1) is 14.0. The standard InChI is InChI=1S/C16H23N5/c1-11-9-12(2)15(17)10-14(11)16-18-19-20-21(16)13-7-5-3-4-6-8-13/h9-10,13H,3-8,17H2,1-2H3. The van der Waals surface area contributed by atoms with E-state index in [1.165, 1.54) is 44.1 Å². The maximum absolute atomic E-state index is 6.07. The van der Waals surface area contributed by atoms with Gasteiger partial charge in [0, 0.05) is 11.3 Å². The topological polar surface area (TPSA) is 69.6 Å². The predicted octanol–water partition coefficient (Wildman–Crippen LogP) is 3.43. The van der Waals surface area contributed by atoms with E-state index < -0.39 is 0 Å². The smallest absolute Gasteiger partial charge is 0.182 e. The molecule has 1 fully saturated rings. The minimum absolute atomic E-state index is 0.416. The van der Waals surface area contributed by atoms with E-state index in [0.717, 1.165) is 22.6 Å². The fourth-order valence-electron chi connectivity index (χ4n) is 3.23. The molecule has 112 valence electrons. The van der Waals surface area contributed by atoms with Gasteiger partial charge in [0.1, 0.15) is 0 Å². The normalized spacial score (nSPS) is 16.9. The Morgan fingerprint density at radius 3 is 2.48 bits per heavy atom. The molecule has 3 rings (SSSR count). The van der Waals surface area contributed by atoms with Crippen molar-refractivity contribution >= 4 is 5.69 Å². The monoisotopic (exact) mass is 285 g/mol. The van der Waals surface area contributed by atoms with Gasteiger partial charge in [0.05, 0.1) is 6.04 Å². The van der Waals surface area contributed by atoms with E-state index in [4.69, 9.17) is 5.73 Å². The molecule has 1 aromatic heterocycles. The van der Waals surface area contributed by atoms with E-state index in [1.54, 1.807) is 0 Å². The van der Waals surface area contributed by atoms with E-state index in [9.17, 15) is 0 Å². The Hall–Kier alpha value is -1.91. The number of nitrogen functional groups attached to an aromatic ring is 1. The largest absolute Gasteiger partial charge is 0.398 e. The van der Waals surface area contributed by atoms with Gasteiger partial charge in [-0.1, -0.05) is 31.7 Å². The molecule has 1 aliphatic carbocycles. The molecule has 0 amide bonds. The van der Waals surface area contributed by atoms with Crippen molar-refractivity contribution in [1.29, 1.82) is 0 Å². The maximum atomic E-state index is 6.07. The molecule has 0 radical (unpaired) electrons. The highest BCUT2D eigenvalue weighted by atomic mass is 15.5. The molecule has 1 saturated carbocycles. The van der Waals surface area contributed by atoms with Crippen LogP contribution in [0.4, 0.5) is 5.69 Å². The summed E-state index contributed by atoms with van der Waals surface area (Å²) >= 11 is 0. The summed E-state index contributed by atoms with van der Waals surface area (Å²) in [6.45, 7) is 4.12. The summed E-state index contributed by atoms with van der Waals surface area (Å²) in [5.74, 6) is 0.853. The van der Waals surface area contributed by atoms with E-state index in [-0.39, 0.29) is 0 Å². The summed E-state index contributed by atoms with van der Waals surface area (Å²) in [6, 6.07) is 4.53. The molecule has 1 aliphatic rings. The molecule has 0 atom stereocenters. The predicted molar refractivity (Wildman–Crippen MR) is 83.9 cm³/mol. The van der Waals surface area contributed by atoms with Crippen molar-refractivity contribution in [3.63, 3.8) is 0 Å². The van der Waals surface area contributed by atoms with Gasteiger partial charge in [-0.05, 0) is 54.3 Å². The van der Waals surface area contributed by atoms with Crippen LogP contribution in [0.2, 0.25) is 0 Å². The molecule has 0 unspecified atom stereocenters. The number of hydrogen-bond donors (Lipinski definition) is 1. The average molecular weight is 285 g/mol. The molecule has 0 spiro atoms. The minimum atomic E-state index is 0.416. The molecule has 0 saturated heterocycles. The van der Waals surface area contributed by atoms with Crippen molar-refractivity contribution in [3.8, 4) is 11.4 Å². The third-order valence-corrected chi connectivity index (χ3v) is 4.52. The number of benzene rings is 1. The summed E-state index contributed by atoms with van der Waals surface area (Å²) < 4.78 is 2.02. The van der Waals surface area contributed by atoms with Crippen molar-refractivity contribution < 1.29 is 0 Å². The van der Waals surface area contributed by atoms with Gasteiger partial charge in [-0.3, -0.25) is 0 Å². The fourth-order valence-corrected chi connectivity index (χ4v) is 3.23. The first-order chi connectivity index (χ1) is 10.2. The summed E-state index contributed by atoms with van der Waals surface area (Å²) in [7, 11) is 0. The molecular formula is C16H23N5. The third kappa shape index (κ3) is 2.77. The average Bonchev–Trinajstić information content (AvgIpc) is 2.77. The van der Waals surface area contributed by atoms with Crippen LogP contribution in [0, 0.1) is 13.8 Å². The zero-order chi connectivity index (χ0) is 14.8. The number of tetrazole rings is 1. The lowest BCUT2D eigenvalue weighted by molar-refractivity contribution is 0.400. The van der Waals surface area contributed by atoms with Crippen LogP contribution in [0.5, 0.6) is 0 Å². The van der Waals surface area contributed by atoms with Crippen LogP contribution in [0.1, 0.15) is 55.7 Å². The van der Waals surface area contributed by atoms with E-state index in [0.29, 0.717) is 6.04 Å². The summed E-state index contributed by atoms with van der Waals surface area (Å²) in [5.41, 5.74) is 10.2. The molecular weight excluding hydrogens is 262 g/mol. The van der Waals surface area contributed by atoms with Crippen LogP contribution in [-0.2, 0) is 0 Å². The molecule has 0 aliphatic heterocycles. The molecule has 0 bridgehead atoms. The highest BCUT2D eigenvalue weighted by molar-refractivity contribution is 5.67. The Bertz CT molecular complexity index is 624. The van der Waals surface area contributed by atoms with Crippen LogP contribution in [0.25, 0.3) is 11.4 Å². The molecule has 5 nitrogen and oxygen atoms in total. The molecule has 1 aromatic carbocycles. The molecule has 2 N–H and O–H groups in total. The van der Waals surface area contributed by atoms with Gasteiger partial charge in [0.15, 0.2) is 5.82 Å². The molecule has 21 heavy (non-hydrogen) atoms. The van der Waals surface area contributed by atoms with Gasteiger partial charge in [-0.2, -0.15) is 0 Å². The van der Waals surface area contributed by atoms with Gasteiger partial charge in [-0.25, -0.2) is 4.68 Å². The number of anilines is 1. The second-order valence-electron chi connectivity index (χ2n) is 6.12. The second-order valence-corrected chi connectivity index (χ2v) is 6.12. The van der Waals surface area contributed by atoms with Gasteiger partial charge in [-0.15, -0.1) is 5.10 Å². The quantitative estimate of drug-likeness (QED) is 0.678. The summed E-state index contributed by atoms with van der Waals surface area (Å²) in [5, 5.41) is 12.5. The highest BCUT2D eigenvalue weighted by Gasteiger charge is 2.21. The van der Waals surface area contributed by atoms with Crippen LogP contribution >= 0.6 is 0 Å². The van der Waals surface area contributed by atoms with E-state index >= 15 is 0 Å². The number of nitrogens with two attached hydrogens (primary N) is 1. The highest BCUT2D eigenvalue weighted by Crippen LogP contribution is 2.32. The van der Waals surface area contributed by atoms with E-state index in [2.05, 4.69) is 28.5 Å². The van der Waals surface area contributed by atoms with Crippen molar-refractivity contribution in [2.75, 3.05) is 5.73 Å². The van der Waals surface area contributed by atoms with Crippen molar-refractivity contribution in [3.05, 3.63) is 23.3 Å². The first-order valence-electron chi connectivity index (χ1n) is 7.82. The number of aromatic nitrogens is 4. The lowest BCUT2D eigenvalue weighted by Crippen LogP contribution is -2.12. The lowest BCUT2D eigenvalue weighted by atomic mass is 10.0. The van der Waals surface area contributed by atoms with Gasteiger partial charge >= 0.3 is 0 Å². The molecule has 1 heterocycles. The summed E-state index contributed by atoms with van der Waals surface area (Å²) in [4.78, 5) is 0. The molecule has 5 heteroatoms. The van der Waals surface area contributed by atoms with E-state index in [1.807, 2.05) is 17.7 Å². The van der Waals surface area contributed by atoms with Crippen molar-refractivity contribution in [2.24, 2.45) is 0 Å². The maximum Gasteiger partial charge on any atom is 0.182 e. The Kier molecular flexibility index (Phi) is 3.90. The van der Waals surface area contributed by atoms with Gasteiger partial charge < -0.3 is 5.73 Å². The fraction of sp³-hybridized carbons (Fsp3) is 0.562. The van der Waals surface area contributed by atoms with Crippen LogP contribution in [-0.4, -0.2) is 20.2 Å². The van der Waals surface area contributed by atoms with Crippen LogP contribution in [0.3, 0.4) is 0 Å². The summed E-state index contributed by atoms with van der Waals surface area (Å²) in [6.07, 6.45) is 7.50. The third-order valence-electron chi connectivity index (χ3n) is 4.52. The second kappa shape index (κ2) is 5.84. The van der Waals surface area contributed by atoms with Crippen LogP contribution in [0.15, 0.2) is 12.1 Å². The lowest BCUT2D eigenvalue weighted by Gasteiger charge is -2.17. The van der Waals surface area contributed by atoms with Crippen molar-refractivity contribution in [2.45, 2.75) is 58.4 Å². The van der Waals surface area contributed by atoms with Crippen molar-refractivity contribution in [1.82, 2.24) is 20.2 Å². The number of nitrogens with zero attached hydrogens (tertiary/aromatic N) is 4. The zero-order valence-corrected chi connectivity index (χ0v) is 12.8. The number of aryl methyl sites for hydroxylation is 2. The Balaban J connectivity index is 2.00. The zero-order valence-electron chi connectivity index (χ0n) is 12.8. The number of hydrogen-bond acceptors (Lipinski definition) is 4. The first-order valence-corrected chi connectivity index (χ1v) is 7.82. The Labute approximate surface area is 125 Å². The Morgan fingerprint density at radius 2 is 1.76 bits per heavy atom. The SMILES string of the molecule is Cc1cc(C)c(-c2nnnn2C2CCCCCC2)cc1N.